The predicted octanol–water partition coefficient (Wildman–Crippen LogP) is -3.71. The summed E-state index contributed by atoms with van der Waals surface area (Å²) in [4.78, 5) is -0.0176. The van der Waals surface area contributed by atoms with Crippen LogP contribution in [0, 0.1) is 5.21 Å². The molecule has 56 valence electrons. The average molecular weight is 159 g/mol. The zero-order valence-corrected chi connectivity index (χ0v) is 8.06. The standard InChI is InChI=1S/C3H9N3O3.Na.H/c1-5(2-3-7)6(9)4-8;;/h7-8H,2-3H2,1H3;;/q;+1;-1/b6-4+;;. The number of hydrazine groups is 1. The molecule has 0 aromatic heterocycles. The van der Waals surface area contributed by atoms with Crippen LogP contribution in [0.3, 0.4) is 0 Å². The molecule has 0 aromatic carbocycles. The third-order valence-corrected chi connectivity index (χ3v) is 0.792. The molecular weight excluding hydrogens is 149 g/mol. The topological polar surface area (TPSA) is 82.1 Å². The molecule has 0 spiro atoms. The van der Waals surface area contributed by atoms with Crippen LogP contribution in [-0.4, -0.2) is 40.5 Å². The first-order valence-electron chi connectivity index (χ1n) is 2.36. The zero-order valence-electron chi connectivity index (χ0n) is 7.06. The van der Waals surface area contributed by atoms with Crippen molar-refractivity contribution in [2.24, 2.45) is 5.28 Å². The second-order valence-corrected chi connectivity index (χ2v) is 1.45. The van der Waals surface area contributed by atoms with Crippen LogP contribution < -0.4 is 29.6 Å². The first-order chi connectivity index (χ1) is 4.22. The molecule has 0 bridgehead atoms. The number of likely N-dealkylation sites (N-methyl/N-ethyl adjacent to an activating group) is 1. The van der Waals surface area contributed by atoms with Gasteiger partial charge in [0.15, 0.2) is 0 Å². The third kappa shape index (κ3) is 4.80. The van der Waals surface area contributed by atoms with E-state index in [4.69, 9.17) is 10.3 Å². The number of hydrogen-bond acceptors (Lipinski definition) is 3. The minimum Gasteiger partial charge on any atom is -1.00 e. The third-order valence-electron chi connectivity index (χ3n) is 0.792. The summed E-state index contributed by atoms with van der Waals surface area (Å²) in [7, 11) is 1.39. The van der Waals surface area contributed by atoms with Crippen molar-refractivity contribution in [1.29, 1.82) is 0 Å². The summed E-state index contributed by atoms with van der Waals surface area (Å²) in [6.45, 7) is -0.00167. The van der Waals surface area contributed by atoms with Crippen LogP contribution >= 0.6 is 0 Å². The maximum Gasteiger partial charge on any atom is 1.00 e. The second kappa shape index (κ2) is 7.07. The van der Waals surface area contributed by atoms with E-state index in [1.807, 2.05) is 0 Å². The van der Waals surface area contributed by atoms with E-state index < -0.39 is 0 Å². The van der Waals surface area contributed by atoms with Gasteiger partial charge in [0.25, 0.3) is 0 Å². The van der Waals surface area contributed by atoms with Crippen LogP contribution in [0.1, 0.15) is 1.43 Å². The minimum atomic E-state index is -0.148. The van der Waals surface area contributed by atoms with Crippen LogP contribution in [0.15, 0.2) is 5.28 Å². The van der Waals surface area contributed by atoms with Crippen LogP contribution in [0.4, 0.5) is 0 Å². The number of hydrogen-bond donors (Lipinski definition) is 2. The fraction of sp³-hybridized carbons (Fsp3) is 1.00. The van der Waals surface area contributed by atoms with Crippen molar-refractivity contribution >= 4 is 0 Å². The van der Waals surface area contributed by atoms with Gasteiger partial charge in [-0.1, -0.05) is 0 Å². The molecule has 0 rings (SSSR count). The van der Waals surface area contributed by atoms with Gasteiger partial charge in [-0.25, -0.2) is 0 Å². The van der Waals surface area contributed by atoms with E-state index in [1.54, 1.807) is 0 Å². The molecular formula is C3H10N3NaO3. The molecule has 10 heavy (non-hydrogen) atoms. The van der Waals surface area contributed by atoms with Gasteiger partial charge in [-0.05, 0) is 0 Å². The van der Waals surface area contributed by atoms with E-state index in [2.05, 4.69) is 5.28 Å². The van der Waals surface area contributed by atoms with E-state index in [9.17, 15) is 5.21 Å². The Morgan fingerprint density at radius 2 is 2.30 bits per heavy atom. The number of nitrogens with zero attached hydrogens (tertiary/aromatic N) is 3. The first-order valence-corrected chi connectivity index (χ1v) is 2.36. The Morgan fingerprint density at radius 1 is 1.80 bits per heavy atom. The molecule has 0 saturated heterocycles. The Morgan fingerprint density at radius 3 is 2.60 bits per heavy atom. The van der Waals surface area contributed by atoms with Crippen LogP contribution in [0.2, 0.25) is 0 Å². The van der Waals surface area contributed by atoms with E-state index >= 15 is 0 Å². The van der Waals surface area contributed by atoms with Gasteiger partial charge in [0.1, 0.15) is 0 Å². The van der Waals surface area contributed by atoms with Crippen molar-refractivity contribution in [3.05, 3.63) is 5.21 Å². The van der Waals surface area contributed by atoms with Crippen LogP contribution in [0.5, 0.6) is 0 Å². The molecule has 0 aromatic rings. The van der Waals surface area contributed by atoms with Crippen molar-refractivity contribution in [2.75, 3.05) is 20.2 Å². The van der Waals surface area contributed by atoms with Crippen molar-refractivity contribution in [1.82, 2.24) is 5.01 Å². The molecule has 0 radical (unpaired) electrons. The van der Waals surface area contributed by atoms with E-state index in [0.29, 0.717) is 0 Å². The number of aliphatic hydroxyl groups is 1. The maximum atomic E-state index is 10.2. The van der Waals surface area contributed by atoms with Gasteiger partial charge < -0.3 is 16.9 Å². The second-order valence-electron chi connectivity index (χ2n) is 1.45. The SMILES string of the molecule is CN(CCO)/[N+]([O-])=N\O.[H-].[Na+]. The molecule has 0 fully saturated rings. The molecule has 0 aliphatic heterocycles. The van der Waals surface area contributed by atoms with Crippen molar-refractivity contribution in [3.63, 3.8) is 0 Å². The van der Waals surface area contributed by atoms with Crippen LogP contribution in [0.25, 0.3) is 0 Å². The van der Waals surface area contributed by atoms with Crippen molar-refractivity contribution in [3.8, 4) is 0 Å². The monoisotopic (exact) mass is 159 g/mol. The van der Waals surface area contributed by atoms with Gasteiger partial charge in [0, 0.05) is 0 Å². The number of rotatable bonds is 3. The fourth-order valence-corrected chi connectivity index (χ4v) is 0.299. The predicted molar refractivity (Wildman–Crippen MR) is 28.7 cm³/mol. The summed E-state index contributed by atoms with van der Waals surface area (Å²) < 4.78 is 0. The quantitative estimate of drug-likeness (QED) is 0.192. The minimum absolute atomic E-state index is 0. The largest absolute Gasteiger partial charge is 1.00 e. The molecule has 0 saturated carbocycles. The van der Waals surface area contributed by atoms with Gasteiger partial charge in [0.2, 0.25) is 5.28 Å². The molecule has 0 atom stereocenters. The molecule has 0 amide bonds. The van der Waals surface area contributed by atoms with Gasteiger partial charge >= 0.3 is 29.6 Å². The van der Waals surface area contributed by atoms with Gasteiger partial charge in [-0.2, -0.15) is 0 Å². The maximum absolute atomic E-state index is 10.2. The Bertz CT molecular complexity index is 114. The summed E-state index contributed by atoms with van der Waals surface area (Å²) in [6.07, 6.45) is 0. The Balaban J connectivity index is -0.000000320. The fourth-order valence-electron chi connectivity index (χ4n) is 0.299. The van der Waals surface area contributed by atoms with E-state index in [-0.39, 0.29) is 49.1 Å². The average Bonchev–Trinajstić information content (AvgIpc) is 1.87. The van der Waals surface area contributed by atoms with Gasteiger partial charge in [-0.15, -0.1) is 5.01 Å². The Labute approximate surface area is 82.0 Å². The van der Waals surface area contributed by atoms with Gasteiger partial charge in [0.05, 0.1) is 25.2 Å². The molecule has 0 heterocycles. The Hall–Kier alpha value is -0.0400. The van der Waals surface area contributed by atoms with Crippen molar-refractivity contribution in [2.45, 2.75) is 0 Å². The number of aliphatic hydroxyl groups excluding tert-OH is 1. The smallest absolute Gasteiger partial charge is 1.00 e. The first kappa shape index (κ1) is 12.6. The van der Waals surface area contributed by atoms with E-state index in [0.717, 1.165) is 5.01 Å². The molecule has 2 N–H and O–H groups in total. The molecule has 0 unspecified atom stereocenters. The van der Waals surface area contributed by atoms with Crippen molar-refractivity contribution < 1.29 is 46.3 Å². The molecule has 7 heteroatoms. The van der Waals surface area contributed by atoms with Gasteiger partial charge in [-0.3, -0.25) is 0 Å². The molecule has 0 aliphatic carbocycles. The summed E-state index contributed by atoms with van der Waals surface area (Å²) in [5.41, 5.74) is 0. The van der Waals surface area contributed by atoms with E-state index in [1.165, 1.54) is 7.05 Å². The molecule has 6 nitrogen and oxygen atoms in total. The summed E-state index contributed by atoms with van der Waals surface area (Å²) in [5.74, 6) is 0. The summed E-state index contributed by atoms with van der Waals surface area (Å²) in [5, 5.41) is 29.6. The Kier molecular flexibility index (Phi) is 8.92. The van der Waals surface area contributed by atoms with Crippen LogP contribution in [-0.2, 0) is 0 Å². The normalized spacial score (nSPS) is 10.4. The summed E-state index contributed by atoms with van der Waals surface area (Å²) in [6, 6.07) is 0. The zero-order chi connectivity index (χ0) is 7.28. The summed E-state index contributed by atoms with van der Waals surface area (Å²) >= 11 is 0. The molecule has 0 aliphatic rings.